The maximum atomic E-state index is 12.5. The van der Waals surface area contributed by atoms with Gasteiger partial charge in [-0.2, -0.15) is 0 Å². The average molecular weight is 375 g/mol. The van der Waals surface area contributed by atoms with Gasteiger partial charge in [-0.15, -0.1) is 11.3 Å². The molecule has 1 saturated heterocycles. The number of hydrogen-bond acceptors (Lipinski definition) is 6. The highest BCUT2D eigenvalue weighted by atomic mass is 32.1. The molecule has 2 heterocycles. The highest BCUT2D eigenvalue weighted by Crippen LogP contribution is 2.29. The second-order valence-electron chi connectivity index (χ2n) is 6.13. The van der Waals surface area contributed by atoms with Crippen molar-refractivity contribution < 1.29 is 14.5 Å². The number of thiophene rings is 1. The highest BCUT2D eigenvalue weighted by Gasteiger charge is 2.25. The van der Waals surface area contributed by atoms with E-state index in [-0.39, 0.29) is 28.9 Å². The van der Waals surface area contributed by atoms with Gasteiger partial charge < -0.3 is 10.1 Å². The number of nitrogens with zero attached hydrogens (tertiary/aromatic N) is 2. The van der Waals surface area contributed by atoms with Crippen molar-refractivity contribution in [3.8, 4) is 5.75 Å². The first kappa shape index (κ1) is 18.3. The molecule has 0 aliphatic carbocycles. The number of amides is 1. The minimum absolute atomic E-state index is 0.134. The standard InChI is InChI=1S/C18H21N3O4S/c1-25-16-7-6-13(11-14(16)21(23)24)18(22)19-12-15(17-5-4-10-26-17)20-8-2-3-9-20/h4-7,10-11,15H,2-3,8-9,12H2,1H3,(H,19,22). The lowest BCUT2D eigenvalue weighted by atomic mass is 10.1. The maximum absolute atomic E-state index is 12.5. The number of methoxy groups -OCH3 is 1. The van der Waals surface area contributed by atoms with Crippen LogP contribution in [0.2, 0.25) is 0 Å². The zero-order valence-corrected chi connectivity index (χ0v) is 15.3. The van der Waals surface area contributed by atoms with Crippen LogP contribution in [0.5, 0.6) is 5.75 Å². The summed E-state index contributed by atoms with van der Waals surface area (Å²) in [6, 6.07) is 8.47. The Labute approximate surface area is 155 Å². The summed E-state index contributed by atoms with van der Waals surface area (Å²) in [5, 5.41) is 16.1. The molecule has 1 aliphatic heterocycles. The minimum atomic E-state index is -0.547. The number of nitrogens with one attached hydrogen (secondary N) is 1. The van der Waals surface area contributed by atoms with Gasteiger partial charge in [0.05, 0.1) is 18.1 Å². The van der Waals surface area contributed by atoms with Crippen molar-refractivity contribution in [3.05, 3.63) is 56.3 Å². The topological polar surface area (TPSA) is 84.7 Å². The lowest BCUT2D eigenvalue weighted by Gasteiger charge is -2.26. The van der Waals surface area contributed by atoms with E-state index in [4.69, 9.17) is 4.74 Å². The summed E-state index contributed by atoms with van der Waals surface area (Å²) in [7, 11) is 1.36. The molecule has 1 amide bonds. The SMILES string of the molecule is COc1ccc(C(=O)NCC(c2cccs2)N2CCCC2)cc1[N+](=O)[O-]. The van der Waals surface area contributed by atoms with Crippen molar-refractivity contribution in [2.24, 2.45) is 0 Å². The molecule has 8 heteroatoms. The number of carbonyl (C=O) groups excluding carboxylic acids is 1. The molecule has 2 aromatic rings. The van der Waals surface area contributed by atoms with Gasteiger partial charge in [-0.3, -0.25) is 19.8 Å². The molecule has 26 heavy (non-hydrogen) atoms. The third-order valence-electron chi connectivity index (χ3n) is 4.55. The Hall–Kier alpha value is -2.45. The summed E-state index contributed by atoms with van der Waals surface area (Å²) >= 11 is 1.68. The van der Waals surface area contributed by atoms with Crippen molar-refractivity contribution >= 4 is 22.9 Å². The van der Waals surface area contributed by atoms with Crippen LogP contribution in [0.15, 0.2) is 35.7 Å². The van der Waals surface area contributed by atoms with Crippen molar-refractivity contribution in [2.75, 3.05) is 26.7 Å². The zero-order valence-electron chi connectivity index (χ0n) is 14.5. The number of benzene rings is 1. The summed E-state index contributed by atoms with van der Waals surface area (Å²) in [4.78, 5) is 26.7. The van der Waals surface area contributed by atoms with E-state index in [0.29, 0.717) is 6.54 Å². The molecule has 1 aromatic heterocycles. The van der Waals surface area contributed by atoms with Crippen LogP contribution in [0.25, 0.3) is 0 Å². The molecular weight excluding hydrogens is 354 g/mol. The number of likely N-dealkylation sites (tertiary alicyclic amines) is 1. The van der Waals surface area contributed by atoms with E-state index < -0.39 is 4.92 Å². The minimum Gasteiger partial charge on any atom is -0.490 e. The largest absolute Gasteiger partial charge is 0.490 e. The number of hydrogen-bond donors (Lipinski definition) is 1. The second kappa shape index (κ2) is 8.29. The van der Waals surface area contributed by atoms with Gasteiger partial charge in [0, 0.05) is 23.1 Å². The van der Waals surface area contributed by atoms with Gasteiger partial charge >= 0.3 is 5.69 Å². The van der Waals surface area contributed by atoms with Gasteiger partial charge in [0.1, 0.15) is 0 Å². The van der Waals surface area contributed by atoms with Crippen LogP contribution < -0.4 is 10.1 Å². The first-order valence-corrected chi connectivity index (χ1v) is 9.36. The Morgan fingerprint density at radius 2 is 2.15 bits per heavy atom. The fourth-order valence-corrected chi connectivity index (χ4v) is 4.07. The van der Waals surface area contributed by atoms with Gasteiger partial charge in [-0.05, 0) is 49.5 Å². The van der Waals surface area contributed by atoms with Crippen LogP contribution >= 0.6 is 11.3 Å². The van der Waals surface area contributed by atoms with Crippen molar-refractivity contribution in [3.63, 3.8) is 0 Å². The summed E-state index contributed by atoms with van der Waals surface area (Å²) in [6.45, 7) is 2.51. The molecular formula is C18H21N3O4S. The van der Waals surface area contributed by atoms with Crippen molar-refractivity contribution in [1.82, 2.24) is 10.2 Å². The normalized spacial score (nSPS) is 15.6. The number of nitro benzene ring substituents is 1. The monoisotopic (exact) mass is 375 g/mol. The van der Waals surface area contributed by atoms with Gasteiger partial charge in [-0.1, -0.05) is 6.07 Å². The molecule has 0 bridgehead atoms. The molecule has 1 aliphatic rings. The van der Waals surface area contributed by atoms with Crippen molar-refractivity contribution in [1.29, 1.82) is 0 Å². The van der Waals surface area contributed by atoms with Gasteiger partial charge in [0.2, 0.25) is 0 Å². The Morgan fingerprint density at radius 1 is 1.38 bits per heavy atom. The van der Waals surface area contributed by atoms with Gasteiger partial charge in [0.15, 0.2) is 5.75 Å². The Kier molecular flexibility index (Phi) is 5.85. The van der Waals surface area contributed by atoms with Crippen LogP contribution in [-0.4, -0.2) is 42.5 Å². The van der Waals surface area contributed by atoms with E-state index in [1.807, 2.05) is 11.4 Å². The van der Waals surface area contributed by atoms with Crippen LogP contribution in [0, 0.1) is 10.1 Å². The molecule has 3 rings (SSSR count). The Balaban J connectivity index is 1.72. The molecule has 138 valence electrons. The first-order valence-electron chi connectivity index (χ1n) is 8.48. The summed E-state index contributed by atoms with van der Waals surface area (Å²) in [5.74, 6) is -0.184. The van der Waals surface area contributed by atoms with E-state index in [9.17, 15) is 14.9 Å². The summed E-state index contributed by atoms with van der Waals surface area (Å²) in [5.41, 5.74) is 0.0401. The molecule has 0 saturated carbocycles. The molecule has 7 nitrogen and oxygen atoms in total. The van der Waals surface area contributed by atoms with Crippen LogP contribution in [0.4, 0.5) is 5.69 Å². The zero-order chi connectivity index (χ0) is 18.5. The molecule has 0 spiro atoms. The Morgan fingerprint density at radius 3 is 2.77 bits per heavy atom. The van der Waals surface area contributed by atoms with E-state index in [0.717, 1.165) is 13.1 Å². The smallest absolute Gasteiger partial charge is 0.311 e. The quantitative estimate of drug-likeness (QED) is 0.593. The average Bonchev–Trinajstić information content (AvgIpc) is 3.35. The summed E-state index contributed by atoms with van der Waals surface area (Å²) in [6.07, 6.45) is 2.33. The highest BCUT2D eigenvalue weighted by molar-refractivity contribution is 7.10. The predicted molar refractivity (Wildman–Crippen MR) is 99.8 cm³/mol. The number of carbonyl (C=O) groups is 1. The van der Waals surface area contributed by atoms with E-state index >= 15 is 0 Å². The molecule has 0 radical (unpaired) electrons. The van der Waals surface area contributed by atoms with E-state index in [2.05, 4.69) is 16.3 Å². The number of nitro groups is 1. The maximum Gasteiger partial charge on any atom is 0.311 e. The third-order valence-corrected chi connectivity index (χ3v) is 5.52. The van der Waals surface area contributed by atoms with Crippen LogP contribution in [-0.2, 0) is 0 Å². The molecule has 1 aromatic carbocycles. The Bertz CT molecular complexity index is 773. The molecule has 1 N–H and O–H groups in total. The molecule has 1 atom stereocenters. The molecule has 1 unspecified atom stereocenters. The van der Waals surface area contributed by atoms with Crippen LogP contribution in [0.1, 0.15) is 34.1 Å². The fourth-order valence-electron chi connectivity index (χ4n) is 3.21. The second-order valence-corrected chi connectivity index (χ2v) is 7.11. The third kappa shape index (κ3) is 4.03. The predicted octanol–water partition coefficient (Wildman–Crippen LogP) is 3.23. The first-order chi connectivity index (χ1) is 12.6. The van der Waals surface area contributed by atoms with E-state index in [1.165, 1.54) is 43.0 Å². The van der Waals surface area contributed by atoms with Crippen molar-refractivity contribution in [2.45, 2.75) is 18.9 Å². The molecule has 1 fully saturated rings. The lowest BCUT2D eigenvalue weighted by molar-refractivity contribution is -0.385. The number of ether oxygens (including phenoxy) is 1. The summed E-state index contributed by atoms with van der Waals surface area (Å²) < 4.78 is 4.98. The number of rotatable bonds is 7. The van der Waals surface area contributed by atoms with Crippen LogP contribution in [0.3, 0.4) is 0 Å². The lowest BCUT2D eigenvalue weighted by Crippen LogP contribution is -2.36. The van der Waals surface area contributed by atoms with E-state index in [1.54, 1.807) is 11.3 Å². The fraction of sp³-hybridized carbons (Fsp3) is 0.389. The van der Waals surface area contributed by atoms with Gasteiger partial charge in [0.25, 0.3) is 5.91 Å². The van der Waals surface area contributed by atoms with Gasteiger partial charge in [-0.25, -0.2) is 0 Å².